The number of hydrogen-bond donors (Lipinski definition) is 0. The van der Waals surface area contributed by atoms with E-state index < -0.39 is 0 Å². The van der Waals surface area contributed by atoms with Crippen LogP contribution < -0.4 is 4.74 Å². The van der Waals surface area contributed by atoms with Gasteiger partial charge in [-0.2, -0.15) is 0 Å². The summed E-state index contributed by atoms with van der Waals surface area (Å²) >= 11 is 0. The van der Waals surface area contributed by atoms with Crippen LogP contribution in [0.25, 0.3) is 5.69 Å². The molecule has 0 bridgehead atoms. The monoisotopic (exact) mass is 219 g/mol. The minimum atomic E-state index is 0.468. The van der Waals surface area contributed by atoms with Crippen LogP contribution in [0.3, 0.4) is 0 Å². The smallest absolute Gasteiger partial charge is 0.119 e. The van der Waals surface area contributed by atoms with Crippen LogP contribution in [0, 0.1) is 0 Å². The lowest BCUT2D eigenvalue weighted by Crippen LogP contribution is -1.94. The normalized spacial score (nSPS) is 10.4. The average Bonchev–Trinajstić information content (AvgIpc) is 2.78. The van der Waals surface area contributed by atoms with Crippen molar-refractivity contribution in [2.75, 3.05) is 14.2 Å². The zero-order valence-electron chi connectivity index (χ0n) is 9.25. The number of ether oxygens (including phenoxy) is 2. The van der Waals surface area contributed by atoms with E-state index in [1.165, 1.54) is 0 Å². The highest BCUT2D eigenvalue weighted by molar-refractivity contribution is 5.36. The Morgan fingerprint density at radius 2 is 1.94 bits per heavy atom. The predicted octanol–water partition coefficient (Wildman–Crippen LogP) is 1.42. The molecule has 0 fully saturated rings. The van der Waals surface area contributed by atoms with E-state index in [1.54, 1.807) is 18.9 Å². The van der Waals surface area contributed by atoms with E-state index in [0.29, 0.717) is 6.61 Å². The number of nitrogens with zero attached hydrogens (tertiary/aromatic N) is 3. The molecule has 2 rings (SSSR count). The van der Waals surface area contributed by atoms with Gasteiger partial charge in [0.05, 0.1) is 25.6 Å². The standard InChI is InChI=1S/C11H13N3O2/c1-15-8-9-7-14(13-12-9)10-3-5-11(16-2)6-4-10/h3-7H,8H2,1-2H3. The molecule has 16 heavy (non-hydrogen) atoms. The first-order chi connectivity index (χ1) is 7.83. The van der Waals surface area contributed by atoms with Crippen LogP contribution in [-0.2, 0) is 11.3 Å². The van der Waals surface area contributed by atoms with Gasteiger partial charge in [0, 0.05) is 7.11 Å². The molecule has 0 aliphatic heterocycles. The first kappa shape index (κ1) is 10.6. The van der Waals surface area contributed by atoms with Gasteiger partial charge in [-0.25, -0.2) is 4.68 Å². The Balaban J connectivity index is 2.21. The van der Waals surface area contributed by atoms with Gasteiger partial charge < -0.3 is 9.47 Å². The molecule has 5 nitrogen and oxygen atoms in total. The topological polar surface area (TPSA) is 49.2 Å². The highest BCUT2D eigenvalue weighted by Gasteiger charge is 2.02. The Morgan fingerprint density at radius 1 is 1.19 bits per heavy atom. The molecule has 0 spiro atoms. The average molecular weight is 219 g/mol. The summed E-state index contributed by atoms with van der Waals surface area (Å²) in [5.74, 6) is 0.820. The van der Waals surface area contributed by atoms with E-state index in [-0.39, 0.29) is 0 Å². The van der Waals surface area contributed by atoms with Crippen LogP contribution in [-0.4, -0.2) is 29.2 Å². The van der Waals surface area contributed by atoms with Gasteiger partial charge >= 0.3 is 0 Å². The second-order valence-electron chi connectivity index (χ2n) is 3.29. The second kappa shape index (κ2) is 4.76. The molecule has 0 unspecified atom stereocenters. The molecule has 0 saturated carbocycles. The Morgan fingerprint density at radius 3 is 2.56 bits per heavy atom. The first-order valence-corrected chi connectivity index (χ1v) is 4.88. The Kier molecular flexibility index (Phi) is 3.16. The lowest BCUT2D eigenvalue weighted by Gasteiger charge is -2.01. The van der Waals surface area contributed by atoms with Gasteiger partial charge in [0.15, 0.2) is 0 Å². The third-order valence-electron chi connectivity index (χ3n) is 2.17. The van der Waals surface area contributed by atoms with Crippen molar-refractivity contribution in [3.8, 4) is 11.4 Å². The van der Waals surface area contributed by atoms with Crippen molar-refractivity contribution < 1.29 is 9.47 Å². The Labute approximate surface area is 93.6 Å². The second-order valence-corrected chi connectivity index (χ2v) is 3.29. The van der Waals surface area contributed by atoms with Crippen molar-refractivity contribution in [2.45, 2.75) is 6.61 Å². The van der Waals surface area contributed by atoms with Crippen LogP contribution in [0.15, 0.2) is 30.5 Å². The number of hydrogen-bond acceptors (Lipinski definition) is 4. The predicted molar refractivity (Wildman–Crippen MR) is 58.6 cm³/mol. The Bertz CT molecular complexity index is 451. The number of methoxy groups -OCH3 is 2. The fourth-order valence-electron chi connectivity index (χ4n) is 1.37. The molecule has 0 saturated heterocycles. The fraction of sp³-hybridized carbons (Fsp3) is 0.273. The summed E-state index contributed by atoms with van der Waals surface area (Å²) in [7, 11) is 3.27. The van der Waals surface area contributed by atoms with Gasteiger partial charge in [-0.15, -0.1) is 5.10 Å². The van der Waals surface area contributed by atoms with E-state index in [2.05, 4.69) is 10.3 Å². The minimum Gasteiger partial charge on any atom is -0.497 e. The summed E-state index contributed by atoms with van der Waals surface area (Å²) in [4.78, 5) is 0. The van der Waals surface area contributed by atoms with Crippen LogP contribution in [0.4, 0.5) is 0 Å². The highest BCUT2D eigenvalue weighted by atomic mass is 16.5. The molecule has 1 aromatic heterocycles. The van der Waals surface area contributed by atoms with Crippen molar-refractivity contribution in [2.24, 2.45) is 0 Å². The maximum absolute atomic E-state index is 5.08. The van der Waals surface area contributed by atoms with Crippen LogP contribution in [0.5, 0.6) is 5.75 Å². The summed E-state index contributed by atoms with van der Waals surface area (Å²) in [6, 6.07) is 7.61. The summed E-state index contributed by atoms with van der Waals surface area (Å²) in [5, 5.41) is 7.99. The Hall–Kier alpha value is -1.88. The molecule has 0 N–H and O–H groups in total. The van der Waals surface area contributed by atoms with Gasteiger partial charge in [-0.3, -0.25) is 0 Å². The molecule has 1 aromatic carbocycles. The summed E-state index contributed by atoms with van der Waals surface area (Å²) in [5.41, 5.74) is 1.74. The van der Waals surface area contributed by atoms with Crippen molar-refractivity contribution in [3.05, 3.63) is 36.2 Å². The quantitative estimate of drug-likeness (QED) is 0.780. The molecule has 0 aliphatic rings. The molecule has 0 radical (unpaired) electrons. The molecule has 84 valence electrons. The summed E-state index contributed by atoms with van der Waals surface area (Å²) in [6.45, 7) is 0.468. The van der Waals surface area contributed by atoms with Crippen LogP contribution in [0.1, 0.15) is 5.69 Å². The van der Waals surface area contributed by atoms with Gasteiger partial charge in [0.25, 0.3) is 0 Å². The van der Waals surface area contributed by atoms with E-state index in [0.717, 1.165) is 17.1 Å². The maximum Gasteiger partial charge on any atom is 0.119 e. The SMILES string of the molecule is COCc1cn(-c2ccc(OC)cc2)nn1. The molecule has 0 atom stereocenters. The van der Waals surface area contributed by atoms with Crippen LogP contribution >= 0.6 is 0 Å². The first-order valence-electron chi connectivity index (χ1n) is 4.88. The van der Waals surface area contributed by atoms with Gasteiger partial charge in [0.1, 0.15) is 11.4 Å². The molecular weight excluding hydrogens is 206 g/mol. The molecule has 0 amide bonds. The third-order valence-corrected chi connectivity index (χ3v) is 2.17. The summed E-state index contributed by atoms with van der Waals surface area (Å²) in [6.07, 6.45) is 1.84. The number of benzene rings is 1. The van der Waals surface area contributed by atoms with Crippen LogP contribution in [0.2, 0.25) is 0 Å². The van der Waals surface area contributed by atoms with Crippen molar-refractivity contribution in [1.82, 2.24) is 15.0 Å². The van der Waals surface area contributed by atoms with E-state index in [1.807, 2.05) is 30.5 Å². The van der Waals surface area contributed by atoms with Crippen molar-refractivity contribution in [1.29, 1.82) is 0 Å². The van der Waals surface area contributed by atoms with Gasteiger partial charge in [0.2, 0.25) is 0 Å². The van der Waals surface area contributed by atoms with E-state index in [9.17, 15) is 0 Å². The fourth-order valence-corrected chi connectivity index (χ4v) is 1.37. The van der Waals surface area contributed by atoms with E-state index in [4.69, 9.17) is 9.47 Å². The van der Waals surface area contributed by atoms with Crippen molar-refractivity contribution >= 4 is 0 Å². The largest absolute Gasteiger partial charge is 0.497 e. The van der Waals surface area contributed by atoms with Gasteiger partial charge in [-0.05, 0) is 24.3 Å². The van der Waals surface area contributed by atoms with Gasteiger partial charge in [-0.1, -0.05) is 5.21 Å². The summed E-state index contributed by atoms with van der Waals surface area (Å²) < 4.78 is 11.8. The molecule has 2 aromatic rings. The zero-order chi connectivity index (χ0) is 11.4. The highest BCUT2D eigenvalue weighted by Crippen LogP contribution is 2.14. The molecular formula is C11H13N3O2. The maximum atomic E-state index is 5.08. The minimum absolute atomic E-state index is 0.468. The number of rotatable bonds is 4. The van der Waals surface area contributed by atoms with E-state index >= 15 is 0 Å². The number of aromatic nitrogens is 3. The molecule has 0 aliphatic carbocycles. The molecule has 5 heteroatoms. The lowest BCUT2D eigenvalue weighted by atomic mass is 10.3. The zero-order valence-corrected chi connectivity index (χ0v) is 9.25. The lowest BCUT2D eigenvalue weighted by molar-refractivity contribution is 0.181. The van der Waals surface area contributed by atoms with Crippen molar-refractivity contribution in [3.63, 3.8) is 0 Å². The molecule has 1 heterocycles. The third kappa shape index (κ3) is 2.20.